The quantitative estimate of drug-likeness (QED) is 0.237. The number of anilines is 1. The molecule has 11 heteroatoms. The van der Waals surface area contributed by atoms with Crippen LogP contribution >= 0.6 is 0 Å². The van der Waals surface area contributed by atoms with Crippen molar-refractivity contribution in [1.29, 1.82) is 0 Å². The van der Waals surface area contributed by atoms with Crippen LogP contribution in [0.4, 0.5) is 10.2 Å². The van der Waals surface area contributed by atoms with E-state index in [1.165, 1.54) is 6.33 Å². The Morgan fingerprint density at radius 1 is 0.911 bits per heavy atom. The summed E-state index contributed by atoms with van der Waals surface area (Å²) in [5, 5.41) is 8.05. The maximum atomic E-state index is 15.6. The van der Waals surface area contributed by atoms with Crippen LogP contribution in [-0.2, 0) is 16.1 Å². The predicted molar refractivity (Wildman–Crippen MR) is 167 cm³/mol. The van der Waals surface area contributed by atoms with Crippen LogP contribution in [0.1, 0.15) is 48.8 Å². The summed E-state index contributed by atoms with van der Waals surface area (Å²) in [5.74, 6) is 0.0674. The third-order valence-electron chi connectivity index (χ3n) is 8.64. The van der Waals surface area contributed by atoms with Crippen molar-refractivity contribution in [2.24, 2.45) is 0 Å². The van der Waals surface area contributed by atoms with Crippen LogP contribution < -0.4 is 15.8 Å². The molecule has 10 nitrogen and oxygen atoms in total. The third kappa shape index (κ3) is 5.74. The van der Waals surface area contributed by atoms with Crippen LogP contribution in [-0.4, -0.2) is 49.6 Å². The summed E-state index contributed by atoms with van der Waals surface area (Å²) in [6, 6.07) is 22.6. The van der Waals surface area contributed by atoms with Gasteiger partial charge in [0.25, 0.3) is 0 Å². The van der Waals surface area contributed by atoms with E-state index in [0.29, 0.717) is 52.4 Å². The van der Waals surface area contributed by atoms with E-state index in [1.54, 1.807) is 18.2 Å². The lowest BCUT2D eigenvalue weighted by Gasteiger charge is -2.32. The van der Waals surface area contributed by atoms with Crippen molar-refractivity contribution in [2.45, 2.75) is 44.2 Å². The first-order chi connectivity index (χ1) is 21.9. The fourth-order valence-electron chi connectivity index (χ4n) is 6.30. The van der Waals surface area contributed by atoms with Gasteiger partial charge in [-0.15, -0.1) is 0 Å². The molecule has 2 amide bonds. The molecule has 0 bridgehead atoms. The zero-order chi connectivity index (χ0) is 30.9. The predicted octanol–water partition coefficient (Wildman–Crippen LogP) is 5.36. The van der Waals surface area contributed by atoms with Crippen LogP contribution in [0.15, 0.2) is 79.1 Å². The third-order valence-corrected chi connectivity index (χ3v) is 8.64. The lowest BCUT2D eigenvalue weighted by Crippen LogP contribution is -2.40. The Balaban J connectivity index is 1.07. The van der Waals surface area contributed by atoms with Crippen molar-refractivity contribution in [3.8, 4) is 22.8 Å². The number of ether oxygens (including phenoxy) is 1. The van der Waals surface area contributed by atoms with Gasteiger partial charge in [0.05, 0.1) is 17.3 Å². The smallest absolute Gasteiger partial charge is 0.234 e. The number of hydrogen-bond donors (Lipinski definition) is 2. The molecular formula is C34H32FN7O3. The van der Waals surface area contributed by atoms with E-state index in [-0.39, 0.29) is 24.2 Å². The van der Waals surface area contributed by atoms with E-state index in [1.807, 2.05) is 59.3 Å². The van der Waals surface area contributed by atoms with Gasteiger partial charge >= 0.3 is 0 Å². The zero-order valence-corrected chi connectivity index (χ0v) is 24.5. The van der Waals surface area contributed by atoms with Crippen LogP contribution in [0.5, 0.6) is 11.5 Å². The minimum absolute atomic E-state index is 0.0761. The molecule has 2 aliphatic heterocycles. The Morgan fingerprint density at radius 3 is 2.42 bits per heavy atom. The van der Waals surface area contributed by atoms with Gasteiger partial charge < -0.3 is 10.5 Å². The number of carbonyl (C=O) groups excluding carboxylic acids is 2. The van der Waals surface area contributed by atoms with E-state index in [4.69, 9.17) is 15.6 Å². The number of imide groups is 1. The van der Waals surface area contributed by atoms with Crippen LogP contribution in [0, 0.1) is 5.82 Å². The van der Waals surface area contributed by atoms with Crippen LogP contribution in [0.25, 0.3) is 22.3 Å². The highest BCUT2D eigenvalue weighted by Crippen LogP contribution is 2.36. The summed E-state index contributed by atoms with van der Waals surface area (Å²) in [6.07, 6.45) is 3.57. The maximum Gasteiger partial charge on any atom is 0.234 e. The molecule has 0 radical (unpaired) electrons. The van der Waals surface area contributed by atoms with Gasteiger partial charge in [-0.25, -0.2) is 19.0 Å². The fraction of sp³-hybridized carbons (Fsp3) is 0.265. The topological polar surface area (TPSA) is 128 Å². The Bertz CT molecular complexity index is 1870. The van der Waals surface area contributed by atoms with Gasteiger partial charge in [-0.2, -0.15) is 5.10 Å². The number of nitrogens with one attached hydrogen (secondary N) is 1. The molecule has 0 spiro atoms. The second-order valence-electron chi connectivity index (χ2n) is 11.5. The van der Waals surface area contributed by atoms with Crippen LogP contribution in [0.2, 0.25) is 0 Å². The summed E-state index contributed by atoms with van der Waals surface area (Å²) in [4.78, 5) is 35.0. The lowest BCUT2D eigenvalue weighted by molar-refractivity contribution is -0.134. The minimum atomic E-state index is -0.655. The molecule has 0 saturated carbocycles. The van der Waals surface area contributed by atoms with Crippen molar-refractivity contribution < 1.29 is 18.7 Å². The Morgan fingerprint density at radius 2 is 1.67 bits per heavy atom. The molecule has 3 aromatic carbocycles. The summed E-state index contributed by atoms with van der Waals surface area (Å²) >= 11 is 0. The van der Waals surface area contributed by atoms with Gasteiger partial charge in [0.15, 0.2) is 5.65 Å². The van der Waals surface area contributed by atoms with Crippen LogP contribution in [0.3, 0.4) is 0 Å². The number of rotatable bonds is 7. The number of benzene rings is 3. The lowest BCUT2D eigenvalue weighted by atomic mass is 9.89. The van der Waals surface area contributed by atoms with Gasteiger partial charge in [-0.05, 0) is 55.7 Å². The van der Waals surface area contributed by atoms with Gasteiger partial charge in [-0.1, -0.05) is 36.4 Å². The van der Waals surface area contributed by atoms with Gasteiger partial charge in [0, 0.05) is 42.7 Å². The summed E-state index contributed by atoms with van der Waals surface area (Å²) in [6.45, 7) is 1.89. The first-order valence-electron chi connectivity index (χ1n) is 15.1. The van der Waals surface area contributed by atoms with Crippen molar-refractivity contribution in [1.82, 2.24) is 30.0 Å². The van der Waals surface area contributed by atoms with E-state index < -0.39 is 11.8 Å². The van der Waals surface area contributed by atoms with Crippen molar-refractivity contribution in [2.75, 3.05) is 18.8 Å². The first-order valence-corrected chi connectivity index (χ1v) is 15.1. The second kappa shape index (κ2) is 12.1. The largest absolute Gasteiger partial charge is 0.457 e. The number of nitrogens with zero attached hydrogens (tertiary/aromatic N) is 5. The van der Waals surface area contributed by atoms with Crippen molar-refractivity contribution in [3.05, 3.63) is 96.1 Å². The number of nitrogens with two attached hydrogens (primary N) is 1. The average molecular weight is 606 g/mol. The Kier molecular flexibility index (Phi) is 7.68. The fourth-order valence-corrected chi connectivity index (χ4v) is 6.30. The molecule has 0 aliphatic carbocycles. The number of nitrogen functional groups attached to an aromatic ring is 1. The molecule has 228 valence electrons. The SMILES string of the molecule is Nc1ncnc2c1c(-c1ccc(Oc3ccccc3)cc1)nn2C1CCN(Cc2cccc(C3CCC(=O)NC3=O)c2F)CC1. The van der Waals surface area contributed by atoms with E-state index in [9.17, 15) is 9.59 Å². The first kappa shape index (κ1) is 28.6. The Labute approximate surface area is 259 Å². The van der Waals surface area contributed by atoms with Gasteiger partial charge in [0.1, 0.15) is 35.2 Å². The number of aromatic nitrogens is 4. The second-order valence-corrected chi connectivity index (χ2v) is 11.5. The number of fused-ring (bicyclic) bond motifs is 1. The van der Waals surface area contributed by atoms with E-state index in [0.717, 1.165) is 37.2 Å². The van der Waals surface area contributed by atoms with E-state index in [2.05, 4.69) is 20.2 Å². The molecule has 2 aromatic heterocycles. The van der Waals surface area contributed by atoms with Gasteiger partial charge in [0.2, 0.25) is 11.8 Å². The number of halogens is 1. The number of likely N-dealkylation sites (tertiary alicyclic amines) is 1. The standard InChI is InChI=1S/C34H32FN7O3/c35-30-22(5-4-8-26(30)27-13-14-28(43)39-34(27)44)19-41-17-15-23(16-18-41)42-33-29(32(36)37-20-38-33)31(40-42)21-9-11-25(12-10-21)45-24-6-2-1-3-7-24/h1-12,20,23,27H,13-19H2,(H2,36,37,38)(H,39,43,44). The molecule has 1 unspecified atom stereocenters. The average Bonchev–Trinajstić information content (AvgIpc) is 3.45. The highest BCUT2D eigenvalue weighted by molar-refractivity contribution is 6.01. The molecule has 2 saturated heterocycles. The normalized spacial score (nSPS) is 17.8. The molecule has 2 fully saturated rings. The molecule has 1 atom stereocenters. The number of piperidine rings is 2. The van der Waals surface area contributed by atoms with Crippen molar-refractivity contribution in [3.63, 3.8) is 0 Å². The summed E-state index contributed by atoms with van der Waals surface area (Å²) in [7, 11) is 0. The molecule has 3 N–H and O–H groups in total. The molecule has 2 aliphatic rings. The number of para-hydroxylation sites is 1. The number of carbonyl (C=O) groups is 2. The molecule has 45 heavy (non-hydrogen) atoms. The molecule has 4 heterocycles. The number of amides is 2. The monoisotopic (exact) mass is 605 g/mol. The van der Waals surface area contributed by atoms with Crippen molar-refractivity contribution >= 4 is 28.7 Å². The molecule has 5 aromatic rings. The molecule has 7 rings (SSSR count). The summed E-state index contributed by atoms with van der Waals surface area (Å²) in [5.41, 5.74) is 9.52. The maximum absolute atomic E-state index is 15.6. The van der Waals surface area contributed by atoms with Gasteiger partial charge in [-0.3, -0.25) is 19.8 Å². The summed E-state index contributed by atoms with van der Waals surface area (Å²) < 4.78 is 23.5. The highest BCUT2D eigenvalue weighted by atomic mass is 19.1. The zero-order valence-electron chi connectivity index (χ0n) is 24.5. The van der Waals surface area contributed by atoms with E-state index >= 15 is 4.39 Å². The number of hydrogen-bond acceptors (Lipinski definition) is 8. The minimum Gasteiger partial charge on any atom is -0.457 e. The highest BCUT2D eigenvalue weighted by Gasteiger charge is 2.31. The Hall–Kier alpha value is -5.16. The molecular weight excluding hydrogens is 573 g/mol.